The fourth-order valence-corrected chi connectivity index (χ4v) is 8.39. The number of unbranched alkanes of at least 4 members (excludes halogenated alkanes) is 19. The topological polar surface area (TPSA) is 149 Å². The first-order valence-electron chi connectivity index (χ1n) is 28.6. The molecule has 9 nitrogen and oxygen atoms in total. The SMILES string of the molecule is CC/C=C\C/C=C\C/C=C\C/C=C\C/C=C\C/C=C\C/C=C\C/C=C\C/C=C\CCCCCCCCCCCC(=O)NC(COC1OC(CO)C(O)C(O)C1O)C(O)CCCCCCCCCCCCC. The van der Waals surface area contributed by atoms with Crippen LogP contribution < -0.4 is 5.32 Å². The van der Waals surface area contributed by atoms with Gasteiger partial charge >= 0.3 is 0 Å². The predicted octanol–water partition coefficient (Wildman–Crippen LogP) is 14.2. The minimum Gasteiger partial charge on any atom is -0.394 e. The van der Waals surface area contributed by atoms with Crippen molar-refractivity contribution in [2.24, 2.45) is 0 Å². The Morgan fingerprint density at radius 2 is 0.873 bits per heavy atom. The number of hydrogen-bond acceptors (Lipinski definition) is 8. The van der Waals surface area contributed by atoms with Crippen LogP contribution in [-0.2, 0) is 14.3 Å². The highest BCUT2D eigenvalue weighted by atomic mass is 16.7. The summed E-state index contributed by atoms with van der Waals surface area (Å²) < 4.78 is 11.3. The van der Waals surface area contributed by atoms with E-state index in [1.807, 2.05) is 0 Å². The predicted molar refractivity (Wildman–Crippen MR) is 299 cm³/mol. The zero-order chi connectivity index (χ0) is 51.5. The molecule has 1 fully saturated rings. The minimum absolute atomic E-state index is 0.146. The van der Waals surface area contributed by atoms with Crippen molar-refractivity contribution >= 4 is 5.91 Å². The number of amides is 1. The molecule has 1 saturated heterocycles. The molecule has 1 amide bonds. The largest absolute Gasteiger partial charge is 0.394 e. The lowest BCUT2D eigenvalue weighted by atomic mass is 9.99. The second-order valence-electron chi connectivity index (χ2n) is 19.4. The van der Waals surface area contributed by atoms with Crippen LogP contribution in [0.4, 0.5) is 0 Å². The van der Waals surface area contributed by atoms with Crippen molar-refractivity contribution in [2.45, 2.75) is 262 Å². The number of aliphatic hydroxyl groups is 5. The Bertz CT molecular complexity index is 1480. The molecule has 7 atom stereocenters. The number of hydrogen-bond donors (Lipinski definition) is 6. The number of carbonyl (C=O) groups is 1. The van der Waals surface area contributed by atoms with Gasteiger partial charge in [0.1, 0.15) is 24.4 Å². The summed E-state index contributed by atoms with van der Waals surface area (Å²) in [4.78, 5) is 13.0. The molecule has 0 aromatic rings. The van der Waals surface area contributed by atoms with Crippen molar-refractivity contribution in [3.63, 3.8) is 0 Å². The zero-order valence-corrected chi connectivity index (χ0v) is 44.9. The van der Waals surface area contributed by atoms with E-state index in [4.69, 9.17) is 9.47 Å². The molecular weight excluding hydrogens is 887 g/mol. The van der Waals surface area contributed by atoms with Crippen LogP contribution in [0.15, 0.2) is 109 Å². The molecule has 0 spiro atoms. The first-order chi connectivity index (χ1) is 34.8. The van der Waals surface area contributed by atoms with Crippen LogP contribution in [0, 0.1) is 0 Å². The smallest absolute Gasteiger partial charge is 0.220 e. The maximum atomic E-state index is 13.0. The van der Waals surface area contributed by atoms with Crippen LogP contribution in [0.1, 0.15) is 219 Å². The van der Waals surface area contributed by atoms with E-state index in [9.17, 15) is 30.3 Å². The van der Waals surface area contributed by atoms with Crippen LogP contribution in [-0.4, -0.2) is 87.5 Å². The van der Waals surface area contributed by atoms with Gasteiger partial charge in [-0.25, -0.2) is 0 Å². The Morgan fingerprint density at radius 3 is 1.30 bits per heavy atom. The van der Waals surface area contributed by atoms with Gasteiger partial charge in [0.2, 0.25) is 5.91 Å². The van der Waals surface area contributed by atoms with E-state index in [-0.39, 0.29) is 12.5 Å². The van der Waals surface area contributed by atoms with Crippen molar-refractivity contribution in [3.05, 3.63) is 109 Å². The minimum atomic E-state index is -1.56. The van der Waals surface area contributed by atoms with E-state index in [0.29, 0.717) is 12.8 Å². The molecule has 0 bridgehead atoms. The summed E-state index contributed by atoms with van der Waals surface area (Å²) in [6.07, 6.45) is 66.9. The van der Waals surface area contributed by atoms with Crippen molar-refractivity contribution in [1.82, 2.24) is 5.32 Å². The lowest BCUT2D eigenvalue weighted by molar-refractivity contribution is -0.302. The van der Waals surface area contributed by atoms with Gasteiger partial charge < -0.3 is 40.3 Å². The van der Waals surface area contributed by atoms with Gasteiger partial charge in [0.15, 0.2) is 6.29 Å². The van der Waals surface area contributed by atoms with E-state index in [1.54, 1.807) is 0 Å². The Balaban J connectivity index is 2.14. The number of ether oxygens (including phenoxy) is 2. The van der Waals surface area contributed by atoms with E-state index < -0.39 is 49.5 Å². The first kappa shape index (κ1) is 65.9. The van der Waals surface area contributed by atoms with Crippen molar-refractivity contribution in [3.8, 4) is 0 Å². The molecule has 71 heavy (non-hydrogen) atoms. The van der Waals surface area contributed by atoms with Gasteiger partial charge in [-0.1, -0.05) is 239 Å². The highest BCUT2D eigenvalue weighted by Gasteiger charge is 2.44. The van der Waals surface area contributed by atoms with Gasteiger partial charge in [0.05, 0.1) is 25.4 Å². The molecule has 6 N–H and O–H groups in total. The van der Waals surface area contributed by atoms with Crippen LogP contribution in [0.3, 0.4) is 0 Å². The summed E-state index contributed by atoms with van der Waals surface area (Å²) in [6.45, 7) is 3.69. The molecule has 1 aliphatic rings. The monoisotopic (exact) mass is 992 g/mol. The summed E-state index contributed by atoms with van der Waals surface area (Å²) in [5, 5.41) is 54.5. The quantitative estimate of drug-likeness (QED) is 0.0261. The summed E-state index contributed by atoms with van der Waals surface area (Å²) in [7, 11) is 0. The number of aliphatic hydroxyl groups excluding tert-OH is 5. The Labute approximate surface area is 434 Å². The molecule has 406 valence electrons. The molecule has 0 aliphatic carbocycles. The van der Waals surface area contributed by atoms with Gasteiger partial charge in [0, 0.05) is 6.42 Å². The van der Waals surface area contributed by atoms with Crippen molar-refractivity contribution < 1.29 is 39.8 Å². The second kappa shape index (κ2) is 50.4. The number of nitrogens with one attached hydrogen (secondary N) is 1. The molecular formula is C62H105NO8. The highest BCUT2D eigenvalue weighted by Crippen LogP contribution is 2.23. The fraction of sp³-hybridized carbons (Fsp3) is 0.694. The third-order valence-electron chi connectivity index (χ3n) is 12.9. The van der Waals surface area contributed by atoms with E-state index in [2.05, 4.69) is 129 Å². The summed E-state index contributed by atoms with van der Waals surface area (Å²) >= 11 is 0. The second-order valence-corrected chi connectivity index (χ2v) is 19.4. The van der Waals surface area contributed by atoms with Crippen LogP contribution >= 0.6 is 0 Å². The number of carbonyl (C=O) groups excluding carboxylic acids is 1. The maximum absolute atomic E-state index is 13.0. The average Bonchev–Trinajstić information content (AvgIpc) is 3.37. The molecule has 9 heteroatoms. The van der Waals surface area contributed by atoms with E-state index in [1.165, 1.54) is 89.9 Å². The molecule has 7 unspecified atom stereocenters. The van der Waals surface area contributed by atoms with Gasteiger partial charge in [-0.15, -0.1) is 0 Å². The number of rotatable bonds is 47. The fourth-order valence-electron chi connectivity index (χ4n) is 8.39. The molecule has 0 radical (unpaired) electrons. The third-order valence-corrected chi connectivity index (χ3v) is 12.9. The zero-order valence-electron chi connectivity index (χ0n) is 44.9. The molecule has 1 heterocycles. The maximum Gasteiger partial charge on any atom is 0.220 e. The standard InChI is InChI=1S/C62H105NO8/c1-3-5-7-9-11-13-15-16-17-18-19-20-21-22-23-24-25-26-27-28-29-30-31-32-33-34-35-36-37-38-39-40-42-44-46-48-50-52-58(66)63-55(54-70-62-61(69)60(68)59(67)57(53-64)71-62)56(65)51-49-47-45-43-41-14-12-10-8-6-4-2/h5,7,11,13,16-17,19-20,22-23,25-26,28-29,31-32,34-35,55-57,59-62,64-65,67-69H,3-4,6,8-10,12,14-15,18,21,24,27,30,33,36-54H2,1-2H3,(H,63,66)/b7-5-,13-11-,17-16-,20-19-,23-22-,26-25-,29-28-,32-31-,35-34-. The highest BCUT2D eigenvalue weighted by molar-refractivity contribution is 5.76. The Kier molecular flexibility index (Phi) is 46.7. The first-order valence-corrected chi connectivity index (χ1v) is 28.6. The molecule has 0 aromatic heterocycles. The Hall–Kier alpha value is -3.15. The lowest BCUT2D eigenvalue weighted by Gasteiger charge is -2.40. The van der Waals surface area contributed by atoms with Crippen LogP contribution in [0.25, 0.3) is 0 Å². The van der Waals surface area contributed by atoms with Crippen LogP contribution in [0.2, 0.25) is 0 Å². The lowest BCUT2D eigenvalue weighted by Crippen LogP contribution is -2.60. The number of allylic oxidation sites excluding steroid dienone is 18. The van der Waals surface area contributed by atoms with Gasteiger partial charge in [-0.3, -0.25) is 4.79 Å². The van der Waals surface area contributed by atoms with Crippen molar-refractivity contribution in [2.75, 3.05) is 13.2 Å². The summed E-state index contributed by atoms with van der Waals surface area (Å²) in [5.41, 5.74) is 0. The average molecular weight is 993 g/mol. The van der Waals surface area contributed by atoms with Crippen molar-refractivity contribution in [1.29, 1.82) is 0 Å². The molecule has 1 aliphatic heterocycles. The van der Waals surface area contributed by atoms with Crippen LogP contribution in [0.5, 0.6) is 0 Å². The van der Waals surface area contributed by atoms with E-state index >= 15 is 0 Å². The molecule has 0 saturated carbocycles. The normalized spacial score (nSPS) is 20.1. The van der Waals surface area contributed by atoms with E-state index in [0.717, 1.165) is 103 Å². The van der Waals surface area contributed by atoms with Gasteiger partial charge in [0.25, 0.3) is 0 Å². The summed E-state index contributed by atoms with van der Waals surface area (Å²) in [6, 6.07) is -0.728. The third kappa shape index (κ3) is 40.0. The molecule has 1 rings (SSSR count). The van der Waals surface area contributed by atoms with Gasteiger partial charge in [-0.2, -0.15) is 0 Å². The summed E-state index contributed by atoms with van der Waals surface area (Å²) in [5.74, 6) is -0.156. The molecule has 0 aromatic carbocycles. The van der Waals surface area contributed by atoms with Gasteiger partial charge in [-0.05, 0) is 83.5 Å². The Morgan fingerprint density at radius 1 is 0.493 bits per heavy atom.